The maximum absolute atomic E-state index is 12.6. The third kappa shape index (κ3) is 2.71. The van der Waals surface area contributed by atoms with Crippen LogP contribution in [0.15, 0.2) is 29.2 Å². The lowest BCUT2D eigenvalue weighted by Crippen LogP contribution is -2.59. The topological polar surface area (TPSA) is 35.6 Å². The second-order valence-corrected chi connectivity index (χ2v) is 6.37. The largest absolute Gasteiger partial charge is 0.314 e. The van der Waals surface area contributed by atoms with Gasteiger partial charge >= 0.3 is 0 Å². The number of hydrogen-bond donors (Lipinski definition) is 1. The molecule has 1 N–H and O–H groups in total. The molecule has 1 saturated heterocycles. The fourth-order valence-electron chi connectivity index (χ4n) is 2.72. The molecule has 4 nitrogen and oxygen atoms in total. The van der Waals surface area contributed by atoms with Crippen molar-refractivity contribution in [3.8, 4) is 0 Å². The highest BCUT2D eigenvalue weighted by Crippen LogP contribution is 2.34. The molecule has 1 fully saturated rings. The van der Waals surface area contributed by atoms with E-state index >= 15 is 0 Å². The van der Waals surface area contributed by atoms with Crippen LogP contribution < -0.4 is 10.2 Å². The Morgan fingerprint density at radius 2 is 2.25 bits per heavy atom. The highest BCUT2D eigenvalue weighted by molar-refractivity contribution is 7.99. The van der Waals surface area contributed by atoms with Crippen LogP contribution in [-0.2, 0) is 4.79 Å². The number of nitrogens with one attached hydrogen (secondary N) is 1. The summed E-state index contributed by atoms with van der Waals surface area (Å²) in [5.74, 6) is 1.21. The van der Waals surface area contributed by atoms with Gasteiger partial charge in [0.05, 0.1) is 12.2 Å². The molecule has 2 aliphatic heterocycles. The Bertz CT molecular complexity index is 490. The molecule has 0 saturated carbocycles. The van der Waals surface area contributed by atoms with Crippen molar-refractivity contribution in [3.63, 3.8) is 0 Å². The smallest absolute Gasteiger partial charge is 0.241 e. The number of hydrogen-bond acceptors (Lipinski definition) is 4. The zero-order chi connectivity index (χ0) is 13.9. The molecule has 3 rings (SSSR count). The van der Waals surface area contributed by atoms with Crippen LogP contribution in [0.1, 0.15) is 6.92 Å². The van der Waals surface area contributed by atoms with Gasteiger partial charge in [0.2, 0.25) is 5.91 Å². The summed E-state index contributed by atoms with van der Waals surface area (Å²) >= 11 is 1.84. The van der Waals surface area contributed by atoms with Crippen LogP contribution in [0.3, 0.4) is 0 Å². The third-order valence-electron chi connectivity index (χ3n) is 4.05. The van der Waals surface area contributed by atoms with E-state index in [9.17, 15) is 4.79 Å². The Balaban J connectivity index is 1.71. The number of amides is 1. The van der Waals surface area contributed by atoms with E-state index in [0.29, 0.717) is 12.6 Å². The van der Waals surface area contributed by atoms with E-state index in [0.717, 1.165) is 37.6 Å². The maximum Gasteiger partial charge on any atom is 0.241 e. The predicted molar refractivity (Wildman–Crippen MR) is 83.4 cm³/mol. The lowest BCUT2D eigenvalue weighted by atomic mass is 10.1. The van der Waals surface area contributed by atoms with Crippen LogP contribution in [0.4, 0.5) is 5.69 Å². The van der Waals surface area contributed by atoms with Gasteiger partial charge in [-0.25, -0.2) is 0 Å². The van der Waals surface area contributed by atoms with Crippen LogP contribution in [0.5, 0.6) is 0 Å². The molecular weight excluding hydrogens is 270 g/mol. The second kappa shape index (κ2) is 6.16. The van der Waals surface area contributed by atoms with E-state index in [1.54, 1.807) is 0 Å². The average Bonchev–Trinajstić information content (AvgIpc) is 2.43. The van der Waals surface area contributed by atoms with E-state index in [2.05, 4.69) is 29.3 Å². The van der Waals surface area contributed by atoms with Gasteiger partial charge in [0.25, 0.3) is 0 Å². The fourth-order valence-corrected chi connectivity index (χ4v) is 3.71. The van der Waals surface area contributed by atoms with Crippen molar-refractivity contribution in [2.75, 3.05) is 43.4 Å². The third-order valence-corrected chi connectivity index (χ3v) is 5.09. The Kier molecular flexibility index (Phi) is 4.29. The summed E-state index contributed by atoms with van der Waals surface area (Å²) in [5.41, 5.74) is 1.08. The number of likely N-dealkylation sites (N-methyl/N-ethyl adjacent to an activating group) is 1. The minimum atomic E-state index is 0.228. The minimum Gasteiger partial charge on any atom is -0.314 e. The van der Waals surface area contributed by atoms with Gasteiger partial charge in [-0.15, -0.1) is 11.8 Å². The molecule has 0 unspecified atom stereocenters. The summed E-state index contributed by atoms with van der Waals surface area (Å²) in [6, 6.07) is 8.74. The number of fused-ring (bicyclic) bond motifs is 1. The standard InChI is InChI=1S/C15H21N3OS/c1-2-17(12-9-16-10-12)11-15(19)18-7-8-20-14-6-4-3-5-13(14)18/h3-6,12,16H,2,7-11H2,1H3. The van der Waals surface area contributed by atoms with Crippen LogP contribution in [0.2, 0.25) is 0 Å². The highest BCUT2D eigenvalue weighted by atomic mass is 32.2. The van der Waals surface area contributed by atoms with Gasteiger partial charge in [-0.1, -0.05) is 19.1 Å². The Hall–Kier alpha value is -1.04. The molecule has 2 heterocycles. The molecule has 0 aromatic heterocycles. The summed E-state index contributed by atoms with van der Waals surface area (Å²) in [4.78, 5) is 18.1. The Morgan fingerprint density at radius 3 is 2.95 bits per heavy atom. The second-order valence-electron chi connectivity index (χ2n) is 5.24. The number of anilines is 1. The van der Waals surface area contributed by atoms with Gasteiger partial charge in [0.1, 0.15) is 0 Å². The lowest BCUT2D eigenvalue weighted by molar-refractivity contribution is -0.120. The molecule has 20 heavy (non-hydrogen) atoms. The summed E-state index contributed by atoms with van der Waals surface area (Å²) in [6.07, 6.45) is 0. The van der Waals surface area contributed by atoms with E-state index in [1.165, 1.54) is 4.90 Å². The van der Waals surface area contributed by atoms with Gasteiger partial charge in [0, 0.05) is 36.3 Å². The van der Waals surface area contributed by atoms with Crippen molar-refractivity contribution in [1.29, 1.82) is 0 Å². The van der Waals surface area contributed by atoms with Crippen molar-refractivity contribution in [1.82, 2.24) is 10.2 Å². The summed E-state index contributed by atoms with van der Waals surface area (Å²) < 4.78 is 0. The van der Waals surface area contributed by atoms with Crippen LogP contribution in [-0.4, -0.2) is 55.3 Å². The molecule has 108 valence electrons. The first-order valence-corrected chi connectivity index (χ1v) is 8.25. The van der Waals surface area contributed by atoms with E-state index < -0.39 is 0 Å². The minimum absolute atomic E-state index is 0.228. The summed E-state index contributed by atoms with van der Waals surface area (Å²) in [5, 5.41) is 3.27. The predicted octanol–water partition coefficient (Wildman–Crippen LogP) is 1.42. The van der Waals surface area contributed by atoms with Gasteiger partial charge in [-0.2, -0.15) is 0 Å². The van der Waals surface area contributed by atoms with Crippen molar-refractivity contribution in [2.45, 2.75) is 17.9 Å². The number of rotatable bonds is 4. The average molecular weight is 291 g/mol. The molecule has 1 aromatic rings. The number of carbonyl (C=O) groups excluding carboxylic acids is 1. The first-order valence-electron chi connectivity index (χ1n) is 7.26. The molecule has 0 aliphatic carbocycles. The lowest BCUT2D eigenvalue weighted by Gasteiger charge is -2.38. The number of benzene rings is 1. The summed E-state index contributed by atoms with van der Waals surface area (Å²) in [6.45, 7) is 6.43. The number of thioether (sulfide) groups is 1. The highest BCUT2D eigenvalue weighted by Gasteiger charge is 2.28. The monoisotopic (exact) mass is 291 g/mol. The Labute approximate surface area is 124 Å². The number of nitrogens with zero attached hydrogens (tertiary/aromatic N) is 2. The molecule has 0 spiro atoms. The fraction of sp³-hybridized carbons (Fsp3) is 0.533. The Morgan fingerprint density at radius 1 is 1.45 bits per heavy atom. The molecule has 0 atom stereocenters. The van der Waals surface area contributed by atoms with Crippen LogP contribution in [0.25, 0.3) is 0 Å². The number of para-hydroxylation sites is 1. The van der Waals surface area contributed by atoms with Crippen molar-refractivity contribution < 1.29 is 4.79 Å². The first kappa shape index (κ1) is 13.9. The van der Waals surface area contributed by atoms with E-state index in [4.69, 9.17) is 0 Å². The molecule has 5 heteroatoms. The van der Waals surface area contributed by atoms with Gasteiger partial charge in [-0.05, 0) is 18.7 Å². The van der Waals surface area contributed by atoms with E-state index in [-0.39, 0.29) is 5.91 Å². The van der Waals surface area contributed by atoms with Crippen molar-refractivity contribution in [3.05, 3.63) is 24.3 Å². The quantitative estimate of drug-likeness (QED) is 0.910. The van der Waals surface area contributed by atoms with Crippen molar-refractivity contribution in [2.24, 2.45) is 0 Å². The molecule has 1 aromatic carbocycles. The molecule has 0 radical (unpaired) electrons. The van der Waals surface area contributed by atoms with Crippen molar-refractivity contribution >= 4 is 23.4 Å². The molecular formula is C15H21N3OS. The zero-order valence-electron chi connectivity index (χ0n) is 11.8. The van der Waals surface area contributed by atoms with Crippen LogP contribution >= 0.6 is 11.8 Å². The number of carbonyl (C=O) groups is 1. The normalized spacial score (nSPS) is 18.8. The zero-order valence-corrected chi connectivity index (χ0v) is 12.7. The van der Waals surface area contributed by atoms with Crippen LogP contribution in [0, 0.1) is 0 Å². The first-order chi connectivity index (χ1) is 9.79. The van der Waals surface area contributed by atoms with E-state index in [1.807, 2.05) is 28.8 Å². The maximum atomic E-state index is 12.6. The van der Waals surface area contributed by atoms with Gasteiger partial charge in [0.15, 0.2) is 0 Å². The molecule has 2 aliphatic rings. The molecule has 1 amide bonds. The van der Waals surface area contributed by atoms with Gasteiger partial charge < -0.3 is 10.2 Å². The SMILES string of the molecule is CCN(CC(=O)N1CCSc2ccccc21)C1CNC1. The molecule has 0 bridgehead atoms. The summed E-state index contributed by atoms with van der Waals surface area (Å²) in [7, 11) is 0. The van der Waals surface area contributed by atoms with Gasteiger partial charge in [-0.3, -0.25) is 9.69 Å².